The Kier molecular flexibility index (Phi) is 28.4. The summed E-state index contributed by atoms with van der Waals surface area (Å²) in [4.78, 5) is 51.2. The molecular formula is C82H92Cl8N18O2S5. The topological polar surface area (TPSA) is 232 Å². The van der Waals surface area contributed by atoms with Gasteiger partial charge in [-0.05, 0) is 212 Å². The molecule has 3 aromatic carbocycles. The van der Waals surface area contributed by atoms with Gasteiger partial charge in [-0.25, -0.2) is 47.8 Å². The summed E-state index contributed by atoms with van der Waals surface area (Å²) in [7, 11) is -2.24. The molecule has 0 bridgehead atoms. The number of rotatable bonds is 12. The minimum Gasteiger partial charge on any atom is -0.342 e. The lowest BCUT2D eigenvalue weighted by atomic mass is 9.73. The number of nitrogens with zero attached hydrogens (tertiary/aromatic N) is 14. The van der Waals surface area contributed by atoms with Crippen molar-refractivity contribution in [3.8, 4) is 0 Å². The first kappa shape index (κ1) is 88.4. The molecule has 3 aliphatic carbocycles. The molecule has 12 aromatic rings. The highest BCUT2D eigenvalue weighted by molar-refractivity contribution is 8.00. The molecule has 0 saturated carbocycles. The quantitative estimate of drug-likeness (QED) is 0.0833. The predicted molar refractivity (Wildman–Crippen MR) is 477 cm³/mol. The number of halogens is 8. The van der Waals surface area contributed by atoms with Crippen LogP contribution in [0.2, 0.25) is 35.4 Å². The summed E-state index contributed by atoms with van der Waals surface area (Å²) in [5.41, 5.74) is 16.5. The third kappa shape index (κ3) is 18.4. The number of hydrogen-bond donors (Lipinski definition) is 4. The van der Waals surface area contributed by atoms with Gasteiger partial charge >= 0.3 is 0 Å². The summed E-state index contributed by atoms with van der Waals surface area (Å²) in [5, 5.41) is 6.99. The third-order valence-electron chi connectivity index (χ3n) is 21.9. The lowest BCUT2D eigenvalue weighted by molar-refractivity contribution is 0.164. The molecule has 5 N–H and O–H groups in total. The van der Waals surface area contributed by atoms with Crippen LogP contribution >= 0.6 is 129 Å². The van der Waals surface area contributed by atoms with E-state index in [1.165, 1.54) is 57.7 Å². The molecule has 3 saturated heterocycles. The molecule has 3 aliphatic heterocycles. The Labute approximate surface area is 731 Å². The van der Waals surface area contributed by atoms with Gasteiger partial charge in [0.25, 0.3) is 0 Å². The Morgan fingerprint density at radius 2 is 0.783 bits per heavy atom. The van der Waals surface area contributed by atoms with Crippen molar-refractivity contribution < 1.29 is 8.42 Å². The molecule has 33 heteroatoms. The molecule has 12 heterocycles. The average Bonchev–Trinajstić information content (AvgIpc) is 1.66. The van der Waals surface area contributed by atoms with Crippen molar-refractivity contribution in [1.82, 2.24) is 72.8 Å². The van der Waals surface area contributed by atoms with Crippen LogP contribution in [0.25, 0.3) is 16.9 Å². The number of anilines is 2. The predicted octanol–water partition coefficient (Wildman–Crippen LogP) is 20.6. The van der Waals surface area contributed by atoms with Crippen molar-refractivity contribution in [2.45, 2.75) is 171 Å². The van der Waals surface area contributed by atoms with Gasteiger partial charge in [0.1, 0.15) is 0 Å². The standard InChI is InChI=1S/C28H30Cl2N6OS2.C24H22Cl2N6S.C16H25N3OS.C12H6Cl3N3S.2CH4.ClH/c1-27(2,3)39(37)34-24-18-6-5-11-31-20(18)16-28(24)9-13-35(14-10-28)26-33-17-22(25-32-12-15-36(25)26)38-21-8-4-7-19(29)23(21)30;25-16-4-1-5-18(20(16)26)33-19-14-30-23(32-12-9-29-22(19)32)31-10-6-24(7-11-31)13-17-15(21(24)27)3-2-8-28-17;1-15(2,3)21(20)19-14-12-5-4-8-18-13(12)11-16(14)6-9-17-10-7-16;13-7-2-1-3-8(10(7)14)19-9-6-17-12(15)18-5-4-16-11(9)18;;;/h4-8,11-12,15,17,24,34H,9-10,13-14,16H2,1-3H3;1-5,8-9,12,14,21H,6-7,10-11,13,27H2;4-5,8,14,17,19H,6-7,9-11H2,1-3H3;1-6H;2*1H4;1H/t24-,39-;21-;14-,21-;;;;/m111..../s1. The molecular weight excluding hydrogens is 1710 g/mol. The van der Waals surface area contributed by atoms with Crippen molar-refractivity contribution in [1.29, 1.82) is 0 Å². The monoisotopic (exact) mass is 1800 g/mol. The largest absolute Gasteiger partial charge is 0.342 e. The van der Waals surface area contributed by atoms with E-state index in [0.717, 1.165) is 167 Å². The molecule has 0 radical (unpaired) electrons. The van der Waals surface area contributed by atoms with Gasteiger partial charge in [0, 0.05) is 138 Å². The van der Waals surface area contributed by atoms with E-state index in [1.807, 2.05) is 150 Å². The molecule has 0 amide bonds. The molecule has 6 aliphatic rings. The number of piperidine rings is 3. The highest BCUT2D eigenvalue weighted by atomic mass is 35.5. The number of pyridine rings is 3. The molecule has 3 fully saturated rings. The van der Waals surface area contributed by atoms with Gasteiger partial charge in [-0.15, -0.1) is 12.4 Å². The summed E-state index contributed by atoms with van der Waals surface area (Å²) in [6.45, 7) is 17.6. The van der Waals surface area contributed by atoms with Crippen LogP contribution < -0.4 is 30.3 Å². The minimum absolute atomic E-state index is 0. The van der Waals surface area contributed by atoms with Gasteiger partial charge in [-0.2, -0.15) is 0 Å². The fraction of sp³-hybridized carbons (Fsp3) is 0.378. The maximum atomic E-state index is 13.2. The zero-order valence-electron chi connectivity index (χ0n) is 62.7. The summed E-state index contributed by atoms with van der Waals surface area (Å²) >= 11 is 47.9. The van der Waals surface area contributed by atoms with Crippen molar-refractivity contribution >= 4 is 180 Å². The number of imidazole rings is 3. The van der Waals surface area contributed by atoms with Crippen LogP contribution in [0.15, 0.2) is 195 Å². The smallest absolute Gasteiger partial charge is 0.211 e. The van der Waals surface area contributed by atoms with E-state index in [4.69, 9.17) is 102 Å². The summed E-state index contributed by atoms with van der Waals surface area (Å²) in [5.74, 6) is 1.77. The highest BCUT2D eigenvalue weighted by Gasteiger charge is 2.52. The highest BCUT2D eigenvalue weighted by Crippen LogP contribution is 2.55. The summed E-state index contributed by atoms with van der Waals surface area (Å²) < 4.78 is 38.0. The second-order valence-electron chi connectivity index (χ2n) is 30.9. The van der Waals surface area contributed by atoms with Crippen molar-refractivity contribution in [2.75, 3.05) is 49.1 Å². The number of aromatic nitrogens is 12. The van der Waals surface area contributed by atoms with Crippen molar-refractivity contribution in [3.63, 3.8) is 0 Å². The van der Waals surface area contributed by atoms with E-state index >= 15 is 0 Å². The van der Waals surface area contributed by atoms with Gasteiger partial charge < -0.3 is 20.9 Å². The maximum absolute atomic E-state index is 13.2. The zero-order chi connectivity index (χ0) is 78.4. The first-order chi connectivity index (χ1) is 53.8. The zero-order valence-corrected chi connectivity index (χ0v) is 72.9. The maximum Gasteiger partial charge on any atom is 0.211 e. The van der Waals surface area contributed by atoms with Gasteiger partial charge in [-0.1, -0.05) is 156 Å². The van der Waals surface area contributed by atoms with E-state index in [2.05, 4.69) is 77.1 Å². The second kappa shape index (κ2) is 37.0. The van der Waals surface area contributed by atoms with Crippen LogP contribution in [0.3, 0.4) is 0 Å². The molecule has 3 spiro atoms. The molecule has 9 aromatic heterocycles. The lowest BCUT2D eigenvalue weighted by Gasteiger charge is -2.44. The Bertz CT molecular complexity index is 5510. The van der Waals surface area contributed by atoms with Gasteiger partial charge in [0.2, 0.25) is 17.2 Å². The van der Waals surface area contributed by atoms with Crippen LogP contribution in [-0.2, 0) is 41.2 Å². The first-order valence-electron chi connectivity index (χ1n) is 36.9. The van der Waals surface area contributed by atoms with Crippen LogP contribution in [0.5, 0.6) is 0 Å². The number of benzene rings is 3. The van der Waals surface area contributed by atoms with Gasteiger partial charge in [-0.3, -0.25) is 28.2 Å². The Morgan fingerprint density at radius 1 is 0.435 bits per heavy atom. The normalized spacial score (nSPS) is 18.7. The minimum atomic E-state index is -1.18. The first-order valence-corrected chi connectivity index (χ1v) is 44.3. The molecule has 18 rings (SSSR count). The fourth-order valence-electron chi connectivity index (χ4n) is 15.9. The number of fused-ring (bicyclic) bond motifs is 6. The lowest BCUT2D eigenvalue weighted by Crippen LogP contribution is -2.48. The third-order valence-corrected chi connectivity index (χ3v) is 31.3. The number of hydrogen-bond acceptors (Lipinski definition) is 18. The van der Waals surface area contributed by atoms with Crippen molar-refractivity contribution in [3.05, 3.63) is 235 Å². The number of nitrogens with one attached hydrogen (secondary N) is 3. The Morgan fingerprint density at radius 3 is 1.18 bits per heavy atom. The SMILES string of the molecule is C.C.CC(C)(C)[S@@](=O)N[C@@H]1c2cccnc2CC12CCN(c1ncc(Sc3cccc(Cl)c3Cl)c3nccn13)CC2.CC(C)(C)[S@@](=O)N[C@@H]1c2cccnc2CC12CCNCC2.Cl.Clc1cccc(Sc2cnc(Cl)n3ccnc23)c1Cl.N[C@@H]1c2cccnc2CC12CCN(c1ncc(Sc3cccc(Cl)c3Cl)c3nccn13)CC2. The van der Waals surface area contributed by atoms with E-state index in [0.29, 0.717) is 35.4 Å². The number of nitrogens with two attached hydrogens (primary N) is 1. The van der Waals surface area contributed by atoms with Gasteiger partial charge in [0.15, 0.2) is 16.9 Å². The fourth-order valence-corrected chi connectivity index (χ4v) is 22.1. The second-order valence-corrected chi connectivity index (χ2v) is 40.8. The van der Waals surface area contributed by atoms with E-state index < -0.39 is 22.0 Å². The van der Waals surface area contributed by atoms with Gasteiger partial charge in [0.05, 0.1) is 88.4 Å². The summed E-state index contributed by atoms with van der Waals surface area (Å²) in [6.07, 6.45) is 31.0. The van der Waals surface area contributed by atoms with E-state index in [9.17, 15) is 8.42 Å². The van der Waals surface area contributed by atoms with Crippen molar-refractivity contribution in [2.24, 2.45) is 22.0 Å². The van der Waals surface area contributed by atoms with E-state index in [1.54, 1.807) is 47.4 Å². The molecule has 608 valence electrons. The average molecular weight is 1810 g/mol. The Hall–Kier alpha value is -5.92. The van der Waals surface area contributed by atoms with Crippen LogP contribution in [0.4, 0.5) is 11.9 Å². The van der Waals surface area contributed by atoms with Crippen LogP contribution in [-0.4, -0.2) is 115 Å². The van der Waals surface area contributed by atoms with Crippen LogP contribution in [0, 0.1) is 16.2 Å². The van der Waals surface area contributed by atoms with E-state index in [-0.39, 0.29) is 71.1 Å². The molecule has 5 atom stereocenters. The molecule has 20 nitrogen and oxygen atoms in total. The Balaban J connectivity index is 0.000000146. The van der Waals surface area contributed by atoms with Crippen LogP contribution in [0.1, 0.15) is 147 Å². The molecule has 115 heavy (non-hydrogen) atoms. The summed E-state index contributed by atoms with van der Waals surface area (Å²) in [6, 6.07) is 29.3. The molecule has 0 unspecified atom stereocenters.